The third kappa shape index (κ3) is 2.19. The number of nitrogens with zero attached hydrogens (tertiary/aromatic N) is 1. The predicted octanol–water partition coefficient (Wildman–Crippen LogP) is 1.72. The van der Waals surface area contributed by atoms with Crippen LogP contribution < -0.4 is 4.74 Å². The van der Waals surface area contributed by atoms with Crippen LogP contribution in [0.2, 0.25) is 5.02 Å². The highest BCUT2D eigenvalue weighted by Gasteiger charge is 2.59. The summed E-state index contributed by atoms with van der Waals surface area (Å²) in [5, 5.41) is 11.1. The van der Waals surface area contributed by atoms with Gasteiger partial charge in [-0.1, -0.05) is 11.6 Å². The maximum atomic E-state index is 10.5. The van der Waals surface area contributed by atoms with Crippen LogP contribution in [0, 0.1) is 10.1 Å². The third-order valence-electron chi connectivity index (χ3n) is 2.09. The molecule has 80 valence electrons. The Kier molecular flexibility index (Phi) is 2.50. The second-order valence-corrected chi connectivity index (χ2v) is 3.67. The van der Waals surface area contributed by atoms with Crippen molar-refractivity contribution in [3.05, 3.63) is 39.4 Å². The molecule has 15 heavy (non-hydrogen) atoms. The molecule has 0 radical (unpaired) electrons. The van der Waals surface area contributed by atoms with Crippen molar-refractivity contribution in [2.75, 3.05) is 13.2 Å². The lowest BCUT2D eigenvalue weighted by Crippen LogP contribution is -2.30. The van der Waals surface area contributed by atoms with Crippen LogP contribution in [0.4, 0.5) is 0 Å². The van der Waals surface area contributed by atoms with E-state index in [4.69, 9.17) is 21.1 Å². The van der Waals surface area contributed by atoms with Crippen molar-refractivity contribution in [1.29, 1.82) is 0 Å². The number of halogens is 1. The second-order valence-electron chi connectivity index (χ2n) is 3.23. The van der Waals surface area contributed by atoms with Crippen LogP contribution in [-0.2, 0) is 4.74 Å². The molecule has 0 N–H and O–H groups in total. The number of hydrogen-bond donors (Lipinski definition) is 0. The maximum absolute atomic E-state index is 10.5. The van der Waals surface area contributed by atoms with Crippen molar-refractivity contribution < 1.29 is 14.4 Å². The Labute approximate surface area is 90.7 Å². The Morgan fingerprint density at radius 3 is 2.60 bits per heavy atom. The van der Waals surface area contributed by atoms with Gasteiger partial charge in [-0.15, -0.1) is 0 Å². The fraction of sp³-hybridized carbons (Fsp3) is 0.333. The summed E-state index contributed by atoms with van der Waals surface area (Å²) in [6.07, 6.45) is 0. The van der Waals surface area contributed by atoms with Crippen LogP contribution in [-0.4, -0.2) is 23.9 Å². The summed E-state index contributed by atoms with van der Waals surface area (Å²) >= 11 is 5.68. The minimum Gasteiger partial charge on any atom is -0.483 e. The smallest absolute Gasteiger partial charge is 0.382 e. The Balaban J connectivity index is 1.94. The van der Waals surface area contributed by atoms with Crippen molar-refractivity contribution in [3.8, 4) is 5.75 Å². The fourth-order valence-corrected chi connectivity index (χ4v) is 1.18. The van der Waals surface area contributed by atoms with E-state index in [1.807, 2.05) is 0 Å². The van der Waals surface area contributed by atoms with Gasteiger partial charge in [-0.25, -0.2) is 0 Å². The van der Waals surface area contributed by atoms with Crippen LogP contribution >= 0.6 is 11.6 Å². The van der Waals surface area contributed by atoms with Gasteiger partial charge in [-0.2, -0.15) is 0 Å². The monoisotopic (exact) mass is 229 g/mol. The van der Waals surface area contributed by atoms with E-state index < -0.39 is 10.6 Å². The molecule has 1 atom stereocenters. The molecule has 1 aliphatic rings. The summed E-state index contributed by atoms with van der Waals surface area (Å²) in [6.45, 7) is 0.0230. The molecule has 0 saturated carbocycles. The highest BCUT2D eigenvalue weighted by Crippen LogP contribution is 2.28. The van der Waals surface area contributed by atoms with Gasteiger partial charge < -0.3 is 4.74 Å². The lowest BCUT2D eigenvalue weighted by Gasteiger charge is -2.06. The Morgan fingerprint density at radius 1 is 1.53 bits per heavy atom. The van der Waals surface area contributed by atoms with Gasteiger partial charge in [0.25, 0.3) is 0 Å². The Morgan fingerprint density at radius 2 is 2.13 bits per heavy atom. The zero-order valence-corrected chi connectivity index (χ0v) is 8.44. The summed E-state index contributed by atoms with van der Waals surface area (Å²) in [6, 6.07) is 6.61. The van der Waals surface area contributed by atoms with E-state index in [0.29, 0.717) is 10.8 Å². The summed E-state index contributed by atoms with van der Waals surface area (Å²) < 4.78 is 9.98. The van der Waals surface area contributed by atoms with Crippen LogP contribution in [0.3, 0.4) is 0 Å². The molecule has 1 saturated heterocycles. The maximum Gasteiger partial charge on any atom is 0.382 e. The van der Waals surface area contributed by atoms with Gasteiger partial charge in [0, 0.05) is 5.02 Å². The standard InChI is InChI=1S/C9H8ClNO4/c10-7-1-3-8(4-2-7)14-5-9(6-15-9)11(12)13/h1-4H,5-6H2. The van der Waals surface area contributed by atoms with Gasteiger partial charge in [0.15, 0.2) is 13.2 Å². The van der Waals surface area contributed by atoms with E-state index in [1.54, 1.807) is 24.3 Å². The summed E-state index contributed by atoms with van der Waals surface area (Å²) in [5.74, 6) is 0.538. The lowest BCUT2D eigenvalue weighted by molar-refractivity contribution is -0.564. The molecule has 1 aromatic carbocycles. The summed E-state index contributed by atoms with van der Waals surface area (Å²) in [4.78, 5) is 10.1. The average Bonchev–Trinajstić information content (AvgIpc) is 2.98. The van der Waals surface area contributed by atoms with Gasteiger partial charge in [-0.05, 0) is 24.3 Å². The molecule has 2 rings (SSSR count). The molecule has 1 aromatic rings. The van der Waals surface area contributed by atoms with Gasteiger partial charge in [0.2, 0.25) is 0 Å². The average molecular weight is 230 g/mol. The van der Waals surface area contributed by atoms with E-state index in [9.17, 15) is 10.1 Å². The highest BCUT2D eigenvalue weighted by atomic mass is 35.5. The van der Waals surface area contributed by atoms with Crippen molar-refractivity contribution in [2.45, 2.75) is 5.72 Å². The van der Waals surface area contributed by atoms with Crippen LogP contribution in [0.25, 0.3) is 0 Å². The van der Waals surface area contributed by atoms with E-state index in [1.165, 1.54) is 0 Å². The normalized spacial score (nSPS) is 23.5. The predicted molar refractivity (Wildman–Crippen MR) is 52.6 cm³/mol. The van der Waals surface area contributed by atoms with E-state index >= 15 is 0 Å². The topological polar surface area (TPSA) is 64.9 Å². The fourth-order valence-electron chi connectivity index (χ4n) is 1.05. The van der Waals surface area contributed by atoms with E-state index in [0.717, 1.165) is 0 Å². The molecule has 0 aliphatic carbocycles. The molecule has 1 heterocycles. The summed E-state index contributed by atoms with van der Waals surface area (Å²) in [7, 11) is 0. The first-order chi connectivity index (χ1) is 7.12. The second kappa shape index (κ2) is 3.67. The first-order valence-electron chi connectivity index (χ1n) is 4.29. The zero-order chi connectivity index (χ0) is 10.9. The number of epoxide rings is 1. The van der Waals surface area contributed by atoms with Crippen molar-refractivity contribution in [2.24, 2.45) is 0 Å². The van der Waals surface area contributed by atoms with Crippen LogP contribution in [0.15, 0.2) is 24.3 Å². The number of rotatable bonds is 4. The quantitative estimate of drug-likeness (QED) is 0.448. The molecule has 5 nitrogen and oxygen atoms in total. The van der Waals surface area contributed by atoms with Gasteiger partial charge in [0.1, 0.15) is 5.75 Å². The van der Waals surface area contributed by atoms with Crippen LogP contribution in [0.5, 0.6) is 5.75 Å². The molecule has 1 unspecified atom stereocenters. The third-order valence-corrected chi connectivity index (χ3v) is 2.34. The molecular weight excluding hydrogens is 222 g/mol. The van der Waals surface area contributed by atoms with Crippen LogP contribution in [0.1, 0.15) is 0 Å². The molecule has 0 aromatic heterocycles. The molecule has 0 amide bonds. The first-order valence-corrected chi connectivity index (χ1v) is 4.67. The number of hydrogen-bond acceptors (Lipinski definition) is 4. The number of nitro groups is 1. The van der Waals surface area contributed by atoms with Crippen molar-refractivity contribution in [1.82, 2.24) is 0 Å². The molecule has 1 aliphatic heterocycles. The molecule has 0 bridgehead atoms. The van der Waals surface area contributed by atoms with Gasteiger partial charge >= 0.3 is 5.72 Å². The molecular formula is C9H8ClNO4. The molecule has 6 heteroatoms. The lowest BCUT2D eigenvalue weighted by atomic mass is 10.3. The Hall–Kier alpha value is -1.33. The van der Waals surface area contributed by atoms with E-state index in [-0.39, 0.29) is 13.2 Å². The first kappa shape index (κ1) is 10.2. The zero-order valence-electron chi connectivity index (χ0n) is 7.68. The number of ether oxygens (including phenoxy) is 2. The SMILES string of the molecule is O=[N+]([O-])C1(COc2ccc(Cl)cc2)CO1. The molecule has 1 fully saturated rings. The summed E-state index contributed by atoms with van der Waals surface area (Å²) in [5.41, 5.74) is -1.33. The van der Waals surface area contributed by atoms with Gasteiger partial charge in [0.05, 0.1) is 4.92 Å². The van der Waals surface area contributed by atoms with Crippen molar-refractivity contribution in [3.63, 3.8) is 0 Å². The van der Waals surface area contributed by atoms with Crippen molar-refractivity contribution >= 4 is 11.6 Å². The number of benzene rings is 1. The van der Waals surface area contributed by atoms with E-state index in [2.05, 4.69) is 0 Å². The molecule has 0 spiro atoms. The van der Waals surface area contributed by atoms with Gasteiger partial charge in [-0.3, -0.25) is 14.9 Å². The largest absolute Gasteiger partial charge is 0.483 e. The highest BCUT2D eigenvalue weighted by molar-refractivity contribution is 6.30. The minimum absolute atomic E-state index is 0.0817. The minimum atomic E-state index is -1.33. The Bertz CT molecular complexity index is 374.